The lowest BCUT2D eigenvalue weighted by Gasteiger charge is -2.36. The van der Waals surface area contributed by atoms with Gasteiger partial charge < -0.3 is 19.5 Å². The van der Waals surface area contributed by atoms with E-state index in [2.05, 4.69) is 16.0 Å². The Labute approximate surface area is 146 Å². The third-order valence-electron chi connectivity index (χ3n) is 4.96. The Morgan fingerprint density at radius 3 is 2.68 bits per heavy atom. The van der Waals surface area contributed by atoms with E-state index in [1.165, 1.54) is 0 Å². The van der Waals surface area contributed by atoms with Crippen molar-refractivity contribution >= 4 is 22.6 Å². The molecule has 0 radical (unpaired) electrons. The largest absolute Gasteiger partial charge is 0.444 e. The molecule has 0 spiro atoms. The molecular formula is C19H23N3O3. The van der Waals surface area contributed by atoms with Gasteiger partial charge in [-0.3, -0.25) is 4.79 Å². The summed E-state index contributed by atoms with van der Waals surface area (Å²) in [6, 6.07) is 8.34. The summed E-state index contributed by atoms with van der Waals surface area (Å²) in [6.07, 6.45) is 2.42. The van der Waals surface area contributed by atoms with Gasteiger partial charge in [-0.05, 0) is 56.8 Å². The summed E-state index contributed by atoms with van der Waals surface area (Å²) >= 11 is 0. The molecule has 4 rings (SSSR count). The number of hydrogen-bond acceptors (Lipinski definition) is 4. The number of nitrogens with zero attached hydrogens (tertiary/aromatic N) is 2. The Balaban J connectivity index is 1.53. The number of benzene rings is 1. The van der Waals surface area contributed by atoms with Crippen LogP contribution < -0.4 is 10.5 Å². The van der Waals surface area contributed by atoms with Crippen LogP contribution in [0.2, 0.25) is 0 Å². The molecule has 2 aliphatic rings. The molecule has 1 aromatic heterocycles. The van der Waals surface area contributed by atoms with Gasteiger partial charge in [0, 0.05) is 36.4 Å². The molecule has 2 aliphatic heterocycles. The van der Waals surface area contributed by atoms with E-state index >= 15 is 0 Å². The SMILES string of the molecule is CC(C)(C)OC(=O)N1CC2CC1CN2c1ccc2c(=O)[nH]ccc2c1. The van der Waals surface area contributed by atoms with Crippen molar-refractivity contribution in [2.75, 3.05) is 18.0 Å². The first-order valence-corrected chi connectivity index (χ1v) is 8.69. The molecular weight excluding hydrogens is 318 g/mol. The quantitative estimate of drug-likeness (QED) is 0.866. The summed E-state index contributed by atoms with van der Waals surface area (Å²) in [5.41, 5.74) is 0.571. The van der Waals surface area contributed by atoms with Crippen molar-refractivity contribution in [3.05, 3.63) is 40.8 Å². The van der Waals surface area contributed by atoms with Crippen molar-refractivity contribution in [3.8, 4) is 0 Å². The maximum atomic E-state index is 12.4. The van der Waals surface area contributed by atoms with Gasteiger partial charge in [0.05, 0.1) is 6.04 Å². The molecule has 2 bridgehead atoms. The number of anilines is 1. The minimum Gasteiger partial charge on any atom is -0.444 e. The Morgan fingerprint density at radius 1 is 1.20 bits per heavy atom. The average molecular weight is 341 g/mol. The van der Waals surface area contributed by atoms with Gasteiger partial charge in [0.2, 0.25) is 0 Å². The number of H-pyrrole nitrogens is 1. The minimum atomic E-state index is -0.468. The number of rotatable bonds is 1. The normalized spacial score (nSPS) is 22.7. The number of hydrogen-bond donors (Lipinski definition) is 1. The molecule has 0 aliphatic carbocycles. The first kappa shape index (κ1) is 16.0. The van der Waals surface area contributed by atoms with Crippen molar-refractivity contribution in [1.29, 1.82) is 0 Å². The van der Waals surface area contributed by atoms with Crippen LogP contribution >= 0.6 is 0 Å². The molecule has 1 aromatic carbocycles. The fourth-order valence-electron chi connectivity index (χ4n) is 3.89. The highest BCUT2D eigenvalue weighted by atomic mass is 16.6. The molecule has 25 heavy (non-hydrogen) atoms. The Bertz CT molecular complexity index is 883. The van der Waals surface area contributed by atoms with E-state index < -0.39 is 5.60 Å². The van der Waals surface area contributed by atoms with Gasteiger partial charge in [-0.1, -0.05) is 0 Å². The van der Waals surface area contributed by atoms with Crippen LogP contribution in [-0.4, -0.2) is 46.8 Å². The molecule has 0 saturated carbocycles. The highest BCUT2D eigenvalue weighted by molar-refractivity contribution is 5.85. The van der Waals surface area contributed by atoms with Crippen LogP contribution in [0, 0.1) is 0 Å². The second-order valence-corrected chi connectivity index (χ2v) is 7.91. The van der Waals surface area contributed by atoms with E-state index in [0.717, 1.165) is 24.0 Å². The smallest absolute Gasteiger partial charge is 0.410 e. The standard InChI is InChI=1S/C19H23N3O3/c1-19(2,3)25-18(24)22-11-14-9-15(22)10-21(14)13-4-5-16-12(8-13)6-7-20-17(16)23/h4-8,14-15H,9-11H2,1-3H3,(H,20,23). The summed E-state index contributed by atoms with van der Waals surface area (Å²) in [5.74, 6) is 0. The Kier molecular flexibility index (Phi) is 3.52. The maximum absolute atomic E-state index is 12.4. The molecule has 6 heteroatoms. The highest BCUT2D eigenvalue weighted by Gasteiger charge is 2.46. The van der Waals surface area contributed by atoms with Crippen molar-refractivity contribution in [1.82, 2.24) is 9.88 Å². The van der Waals surface area contributed by atoms with Gasteiger partial charge in [-0.25, -0.2) is 4.79 Å². The van der Waals surface area contributed by atoms with Crippen molar-refractivity contribution < 1.29 is 9.53 Å². The van der Waals surface area contributed by atoms with Crippen LogP contribution in [-0.2, 0) is 4.74 Å². The lowest BCUT2D eigenvalue weighted by atomic mass is 10.1. The molecule has 6 nitrogen and oxygen atoms in total. The monoisotopic (exact) mass is 341 g/mol. The first-order valence-electron chi connectivity index (χ1n) is 8.69. The van der Waals surface area contributed by atoms with E-state index in [1.807, 2.05) is 43.9 Å². The molecule has 2 saturated heterocycles. The van der Waals surface area contributed by atoms with Gasteiger partial charge in [0.15, 0.2) is 0 Å². The van der Waals surface area contributed by atoms with E-state index in [1.54, 1.807) is 6.20 Å². The zero-order valence-corrected chi connectivity index (χ0v) is 14.8. The number of nitrogens with one attached hydrogen (secondary N) is 1. The number of pyridine rings is 1. The number of carbonyl (C=O) groups is 1. The maximum Gasteiger partial charge on any atom is 0.410 e. The average Bonchev–Trinajstić information content (AvgIpc) is 3.13. The van der Waals surface area contributed by atoms with Crippen LogP contribution in [0.15, 0.2) is 35.3 Å². The number of aromatic nitrogens is 1. The van der Waals surface area contributed by atoms with Gasteiger partial charge in [-0.15, -0.1) is 0 Å². The summed E-state index contributed by atoms with van der Waals surface area (Å²) in [4.78, 5) is 31.1. The van der Waals surface area contributed by atoms with E-state index in [4.69, 9.17) is 4.74 Å². The third kappa shape index (κ3) is 2.86. The fraction of sp³-hybridized carbons (Fsp3) is 0.474. The van der Waals surface area contributed by atoms with Gasteiger partial charge in [-0.2, -0.15) is 0 Å². The predicted molar refractivity (Wildman–Crippen MR) is 97.0 cm³/mol. The summed E-state index contributed by atoms with van der Waals surface area (Å²) < 4.78 is 5.52. The number of likely N-dealkylation sites (tertiary alicyclic amines) is 1. The fourth-order valence-corrected chi connectivity index (χ4v) is 3.89. The molecule has 2 unspecified atom stereocenters. The molecule has 132 valence electrons. The number of aromatic amines is 1. The number of amides is 1. The summed E-state index contributed by atoms with van der Waals surface area (Å²) in [7, 11) is 0. The second kappa shape index (κ2) is 5.51. The molecule has 1 N–H and O–H groups in total. The predicted octanol–water partition coefficient (Wildman–Crippen LogP) is 2.73. The second-order valence-electron chi connectivity index (χ2n) is 7.91. The van der Waals surface area contributed by atoms with Crippen molar-refractivity contribution in [2.45, 2.75) is 44.9 Å². The Morgan fingerprint density at radius 2 is 2.00 bits per heavy atom. The third-order valence-corrected chi connectivity index (χ3v) is 4.96. The van der Waals surface area contributed by atoms with Crippen LogP contribution in [0.1, 0.15) is 27.2 Å². The van der Waals surface area contributed by atoms with Gasteiger partial charge in [0.1, 0.15) is 5.60 Å². The molecule has 2 aromatic rings. The molecule has 3 heterocycles. The number of fused-ring (bicyclic) bond motifs is 3. The molecule has 2 atom stereocenters. The lowest BCUT2D eigenvalue weighted by Crippen LogP contribution is -2.50. The van der Waals surface area contributed by atoms with Crippen LogP contribution in [0.3, 0.4) is 0 Å². The number of piperazine rings is 1. The molecule has 1 amide bonds. The molecule has 2 fully saturated rings. The van der Waals surface area contributed by atoms with E-state index in [9.17, 15) is 9.59 Å². The van der Waals surface area contributed by atoms with Crippen LogP contribution in [0.5, 0.6) is 0 Å². The van der Waals surface area contributed by atoms with E-state index in [-0.39, 0.29) is 17.7 Å². The first-order chi connectivity index (χ1) is 11.8. The lowest BCUT2D eigenvalue weighted by molar-refractivity contribution is 0.0215. The van der Waals surface area contributed by atoms with Gasteiger partial charge in [0.25, 0.3) is 5.56 Å². The van der Waals surface area contributed by atoms with Crippen LogP contribution in [0.25, 0.3) is 10.8 Å². The topological polar surface area (TPSA) is 65.6 Å². The van der Waals surface area contributed by atoms with Crippen LogP contribution in [0.4, 0.5) is 10.5 Å². The van der Waals surface area contributed by atoms with E-state index in [0.29, 0.717) is 18.0 Å². The van der Waals surface area contributed by atoms with Gasteiger partial charge >= 0.3 is 6.09 Å². The Hall–Kier alpha value is -2.50. The zero-order valence-electron chi connectivity index (χ0n) is 14.8. The highest BCUT2D eigenvalue weighted by Crippen LogP contribution is 2.36. The number of carbonyl (C=O) groups excluding carboxylic acids is 1. The summed E-state index contributed by atoms with van der Waals surface area (Å²) in [6.45, 7) is 7.17. The number of ether oxygens (including phenoxy) is 1. The zero-order chi connectivity index (χ0) is 17.8. The van der Waals surface area contributed by atoms with Crippen molar-refractivity contribution in [2.24, 2.45) is 0 Å². The minimum absolute atomic E-state index is 0.0666. The van der Waals surface area contributed by atoms with Crippen molar-refractivity contribution in [3.63, 3.8) is 0 Å². The summed E-state index contributed by atoms with van der Waals surface area (Å²) in [5, 5.41) is 1.64.